The van der Waals surface area contributed by atoms with Gasteiger partial charge in [-0.15, -0.1) is 0 Å². The first-order valence-corrected chi connectivity index (χ1v) is 6.38. The zero-order valence-electron chi connectivity index (χ0n) is 10.9. The highest BCUT2D eigenvalue weighted by Crippen LogP contribution is 2.20. The minimum atomic E-state index is 0.312. The van der Waals surface area contributed by atoms with Gasteiger partial charge in [-0.25, -0.2) is 0 Å². The van der Waals surface area contributed by atoms with Crippen LogP contribution in [-0.2, 0) is 12.8 Å². The molecular weight excluding hydrogens is 208 g/mol. The van der Waals surface area contributed by atoms with Crippen molar-refractivity contribution < 1.29 is 0 Å². The number of aryl methyl sites for hydroxylation is 2. The summed E-state index contributed by atoms with van der Waals surface area (Å²) in [5, 5.41) is 4.69. The molecule has 90 valence electrons. The van der Waals surface area contributed by atoms with Gasteiger partial charge in [0.15, 0.2) is 0 Å². The maximum atomic E-state index is 4.69. The molecular formula is C15H20N2. The zero-order chi connectivity index (χ0) is 12.3. The maximum Gasteiger partial charge on any atom is 0.0743 e. The summed E-state index contributed by atoms with van der Waals surface area (Å²) in [7, 11) is 0. The lowest BCUT2D eigenvalue weighted by atomic mass is 10.1. The molecule has 0 N–H and O–H groups in total. The summed E-state index contributed by atoms with van der Waals surface area (Å²) in [6, 6.07) is 13.1. The Morgan fingerprint density at radius 1 is 1.12 bits per heavy atom. The van der Waals surface area contributed by atoms with E-state index >= 15 is 0 Å². The van der Waals surface area contributed by atoms with Gasteiger partial charge in [-0.3, -0.25) is 4.68 Å². The van der Waals surface area contributed by atoms with E-state index in [9.17, 15) is 0 Å². The molecule has 0 radical (unpaired) electrons. The lowest BCUT2D eigenvalue weighted by Gasteiger charge is -2.15. The molecule has 0 aliphatic carbocycles. The second kappa shape index (κ2) is 5.17. The lowest BCUT2D eigenvalue weighted by molar-refractivity contribution is 0.536. The van der Waals surface area contributed by atoms with Crippen LogP contribution in [0.5, 0.6) is 0 Å². The van der Waals surface area contributed by atoms with Crippen LogP contribution in [0.4, 0.5) is 0 Å². The summed E-state index contributed by atoms with van der Waals surface area (Å²) < 4.78 is 2.16. The average molecular weight is 228 g/mol. The van der Waals surface area contributed by atoms with Gasteiger partial charge in [0.05, 0.1) is 11.7 Å². The van der Waals surface area contributed by atoms with Crippen LogP contribution in [0.2, 0.25) is 0 Å². The van der Waals surface area contributed by atoms with Gasteiger partial charge in [0, 0.05) is 5.69 Å². The molecule has 1 heterocycles. The molecule has 0 aliphatic rings. The third kappa shape index (κ3) is 2.41. The number of hydrogen-bond acceptors (Lipinski definition) is 1. The van der Waals surface area contributed by atoms with Gasteiger partial charge >= 0.3 is 0 Å². The summed E-state index contributed by atoms with van der Waals surface area (Å²) in [6.45, 7) is 6.55. The number of rotatable bonds is 4. The molecule has 17 heavy (non-hydrogen) atoms. The van der Waals surface area contributed by atoms with Crippen molar-refractivity contribution in [1.29, 1.82) is 0 Å². The van der Waals surface area contributed by atoms with E-state index in [4.69, 9.17) is 5.10 Å². The number of benzene rings is 1. The van der Waals surface area contributed by atoms with Crippen LogP contribution >= 0.6 is 0 Å². The molecule has 0 aliphatic heterocycles. The maximum absolute atomic E-state index is 4.69. The van der Waals surface area contributed by atoms with Crippen molar-refractivity contribution >= 4 is 0 Å². The van der Waals surface area contributed by atoms with Crippen LogP contribution in [0.1, 0.15) is 43.8 Å². The SMILES string of the molecule is CCc1cc(CC)n([C@H](C)c2ccccc2)n1. The minimum Gasteiger partial charge on any atom is -0.262 e. The fourth-order valence-electron chi connectivity index (χ4n) is 2.13. The van der Waals surface area contributed by atoms with Crippen molar-refractivity contribution in [3.8, 4) is 0 Å². The van der Waals surface area contributed by atoms with Gasteiger partial charge < -0.3 is 0 Å². The molecule has 0 amide bonds. The molecule has 2 nitrogen and oxygen atoms in total. The predicted molar refractivity (Wildman–Crippen MR) is 71.2 cm³/mol. The molecule has 2 aromatic rings. The van der Waals surface area contributed by atoms with Crippen molar-refractivity contribution in [2.24, 2.45) is 0 Å². The van der Waals surface area contributed by atoms with Crippen LogP contribution in [0.3, 0.4) is 0 Å². The smallest absolute Gasteiger partial charge is 0.0743 e. The van der Waals surface area contributed by atoms with Gasteiger partial charge in [0.25, 0.3) is 0 Å². The van der Waals surface area contributed by atoms with Crippen LogP contribution in [0.15, 0.2) is 36.4 Å². The highest BCUT2D eigenvalue weighted by atomic mass is 15.3. The van der Waals surface area contributed by atoms with Crippen molar-refractivity contribution in [2.45, 2.75) is 39.7 Å². The number of nitrogens with zero attached hydrogens (tertiary/aromatic N) is 2. The lowest BCUT2D eigenvalue weighted by Crippen LogP contribution is -2.11. The summed E-state index contributed by atoms with van der Waals surface area (Å²) in [4.78, 5) is 0. The van der Waals surface area contributed by atoms with E-state index in [0.29, 0.717) is 6.04 Å². The first-order chi connectivity index (χ1) is 8.26. The summed E-state index contributed by atoms with van der Waals surface area (Å²) in [5.74, 6) is 0. The van der Waals surface area contributed by atoms with Crippen molar-refractivity contribution in [3.05, 3.63) is 53.3 Å². The van der Waals surface area contributed by atoms with E-state index in [1.807, 2.05) is 0 Å². The first kappa shape index (κ1) is 11.9. The van der Waals surface area contributed by atoms with Crippen LogP contribution in [-0.4, -0.2) is 9.78 Å². The van der Waals surface area contributed by atoms with Crippen LogP contribution < -0.4 is 0 Å². The standard InChI is InChI=1S/C15H20N2/c1-4-14-11-15(5-2)17(16-14)12(3)13-9-7-6-8-10-13/h6-12H,4-5H2,1-3H3/t12-/m1/s1. The molecule has 2 rings (SSSR count). The van der Waals surface area contributed by atoms with E-state index in [-0.39, 0.29) is 0 Å². The quantitative estimate of drug-likeness (QED) is 0.781. The molecule has 0 saturated heterocycles. The first-order valence-electron chi connectivity index (χ1n) is 6.38. The van der Waals surface area contributed by atoms with Crippen molar-refractivity contribution in [1.82, 2.24) is 9.78 Å². The highest BCUT2D eigenvalue weighted by molar-refractivity contribution is 5.21. The van der Waals surface area contributed by atoms with Gasteiger partial charge in [0.2, 0.25) is 0 Å². The largest absolute Gasteiger partial charge is 0.262 e. The van der Waals surface area contributed by atoms with Crippen molar-refractivity contribution in [3.63, 3.8) is 0 Å². The summed E-state index contributed by atoms with van der Waals surface area (Å²) in [5.41, 5.74) is 3.82. The molecule has 0 fully saturated rings. The third-order valence-corrected chi connectivity index (χ3v) is 3.24. The predicted octanol–water partition coefficient (Wildman–Crippen LogP) is 3.62. The van der Waals surface area contributed by atoms with Crippen LogP contribution in [0.25, 0.3) is 0 Å². The molecule has 1 atom stereocenters. The van der Waals surface area contributed by atoms with E-state index in [1.54, 1.807) is 0 Å². The normalized spacial score (nSPS) is 12.6. The van der Waals surface area contributed by atoms with Crippen LogP contribution in [0, 0.1) is 0 Å². The molecule has 2 heteroatoms. The summed E-state index contributed by atoms with van der Waals surface area (Å²) in [6.07, 6.45) is 2.03. The summed E-state index contributed by atoms with van der Waals surface area (Å²) >= 11 is 0. The van der Waals surface area contributed by atoms with E-state index < -0.39 is 0 Å². The minimum absolute atomic E-state index is 0.312. The molecule has 0 spiro atoms. The Morgan fingerprint density at radius 3 is 2.41 bits per heavy atom. The van der Waals surface area contributed by atoms with E-state index in [0.717, 1.165) is 12.8 Å². The van der Waals surface area contributed by atoms with E-state index in [1.165, 1.54) is 17.0 Å². The Labute approximate surface area is 103 Å². The molecule has 1 aromatic heterocycles. The molecule has 0 saturated carbocycles. The Morgan fingerprint density at radius 2 is 1.82 bits per heavy atom. The fourth-order valence-corrected chi connectivity index (χ4v) is 2.13. The number of hydrogen-bond donors (Lipinski definition) is 0. The Balaban J connectivity index is 2.36. The van der Waals surface area contributed by atoms with Gasteiger partial charge in [-0.05, 0) is 31.4 Å². The Bertz CT molecular complexity index is 471. The van der Waals surface area contributed by atoms with Gasteiger partial charge in [0.1, 0.15) is 0 Å². The monoisotopic (exact) mass is 228 g/mol. The highest BCUT2D eigenvalue weighted by Gasteiger charge is 2.13. The average Bonchev–Trinajstić information content (AvgIpc) is 2.82. The second-order valence-electron chi connectivity index (χ2n) is 4.37. The molecule has 0 unspecified atom stereocenters. The number of aromatic nitrogens is 2. The molecule has 1 aromatic carbocycles. The van der Waals surface area contributed by atoms with Gasteiger partial charge in [-0.2, -0.15) is 5.10 Å². The molecule has 0 bridgehead atoms. The third-order valence-electron chi connectivity index (χ3n) is 3.24. The Hall–Kier alpha value is -1.57. The zero-order valence-corrected chi connectivity index (χ0v) is 10.9. The van der Waals surface area contributed by atoms with E-state index in [2.05, 4.69) is 61.9 Å². The van der Waals surface area contributed by atoms with Crippen molar-refractivity contribution in [2.75, 3.05) is 0 Å². The second-order valence-corrected chi connectivity index (χ2v) is 4.37. The van der Waals surface area contributed by atoms with Gasteiger partial charge in [-0.1, -0.05) is 44.2 Å². The Kier molecular flexibility index (Phi) is 3.62. The fraction of sp³-hybridized carbons (Fsp3) is 0.400. The topological polar surface area (TPSA) is 17.8 Å².